The summed E-state index contributed by atoms with van der Waals surface area (Å²) in [5.41, 5.74) is 4.44. The molecule has 0 amide bonds. The first-order valence-electron chi connectivity index (χ1n) is 10.5. The number of pyridine rings is 1. The average molecular weight is 497 g/mol. The van der Waals surface area contributed by atoms with Gasteiger partial charge in [-0.3, -0.25) is 4.79 Å². The molecule has 0 aliphatic carbocycles. The van der Waals surface area contributed by atoms with Crippen LogP contribution < -0.4 is 21.5 Å². The number of oxazole rings is 1. The Hall–Kier alpha value is -3.83. The van der Waals surface area contributed by atoms with E-state index in [2.05, 4.69) is 9.55 Å². The number of rotatable bonds is 6. The van der Waals surface area contributed by atoms with Crippen LogP contribution in [-0.4, -0.2) is 10.8 Å². The van der Waals surface area contributed by atoms with Gasteiger partial charge in [0.2, 0.25) is 5.89 Å². The molecule has 0 saturated heterocycles. The highest BCUT2D eigenvalue weighted by molar-refractivity contribution is 6.08. The van der Waals surface area contributed by atoms with Gasteiger partial charge in [0.05, 0.1) is 6.20 Å². The van der Waals surface area contributed by atoms with Crippen LogP contribution >= 0.6 is 0 Å². The number of halogens is 1. The second kappa shape index (κ2) is 10.2. The Morgan fingerprint density at radius 2 is 1.33 bits per heavy atom. The van der Waals surface area contributed by atoms with E-state index in [1.165, 1.54) is 0 Å². The van der Waals surface area contributed by atoms with E-state index in [0.717, 1.165) is 22.5 Å². The van der Waals surface area contributed by atoms with Gasteiger partial charge in [-0.05, 0) is 0 Å². The molecule has 0 unspecified atom stereocenters. The number of aromatic nitrogens is 2. The van der Waals surface area contributed by atoms with Gasteiger partial charge in [-0.1, -0.05) is 84.9 Å². The molecule has 5 aromatic rings. The predicted molar refractivity (Wildman–Crippen MR) is 123 cm³/mol. The molecule has 0 fully saturated rings. The second-order valence-corrected chi connectivity index (χ2v) is 7.55. The van der Waals surface area contributed by atoms with Gasteiger partial charge in [0.15, 0.2) is 30.5 Å². The maximum Gasteiger partial charge on any atom is 0.227 e. The van der Waals surface area contributed by atoms with Crippen molar-refractivity contribution in [2.75, 3.05) is 0 Å². The molecular weight excluding hydrogens is 476 g/mol. The van der Waals surface area contributed by atoms with Crippen LogP contribution in [0, 0.1) is 0 Å². The minimum atomic E-state index is 0. The lowest BCUT2D eigenvalue weighted by Crippen LogP contribution is -3.00. The van der Waals surface area contributed by atoms with Gasteiger partial charge in [-0.2, -0.15) is 0 Å². The van der Waals surface area contributed by atoms with Crippen LogP contribution in [0.2, 0.25) is 0 Å². The minimum Gasteiger partial charge on any atom is -1.00 e. The molecule has 5 rings (SSSR count). The standard InChI is InChI=1S/C28H21N2O2.BrH/c31-27(23-9-5-2-6-10-23)24-13-11-21(12-14-24)20-30-17-15-25(16-18-30)28-29-19-26(32-28)22-7-3-1-4-8-22;/h1-19H,20H2;1H/q+1;/p-1. The highest BCUT2D eigenvalue weighted by atomic mass is 79.9. The molecule has 162 valence electrons. The van der Waals surface area contributed by atoms with E-state index in [1.807, 2.05) is 109 Å². The molecule has 4 nitrogen and oxygen atoms in total. The molecule has 33 heavy (non-hydrogen) atoms. The SMILES string of the molecule is O=C(c1ccccc1)c1ccc(C[n+]2ccc(-c3ncc(-c4ccccc4)o3)cc2)cc1.[Br-]. The first kappa shape index (κ1) is 22.4. The third kappa shape index (κ3) is 5.16. The number of carbonyl (C=O) groups is 1. The second-order valence-electron chi connectivity index (χ2n) is 7.55. The van der Waals surface area contributed by atoms with E-state index in [0.29, 0.717) is 23.6 Å². The van der Waals surface area contributed by atoms with E-state index < -0.39 is 0 Å². The first-order valence-corrected chi connectivity index (χ1v) is 10.5. The van der Waals surface area contributed by atoms with E-state index in [4.69, 9.17) is 4.42 Å². The fraction of sp³-hybridized carbons (Fsp3) is 0.0357. The topological polar surface area (TPSA) is 47.0 Å². The summed E-state index contributed by atoms with van der Waals surface area (Å²) in [6.07, 6.45) is 5.76. The predicted octanol–water partition coefficient (Wildman–Crippen LogP) is 2.58. The summed E-state index contributed by atoms with van der Waals surface area (Å²) in [5, 5.41) is 0. The molecule has 0 saturated carbocycles. The highest BCUT2D eigenvalue weighted by Crippen LogP contribution is 2.25. The van der Waals surface area contributed by atoms with Crippen LogP contribution in [0.25, 0.3) is 22.8 Å². The fourth-order valence-corrected chi connectivity index (χ4v) is 3.58. The van der Waals surface area contributed by atoms with Crippen molar-refractivity contribution < 1.29 is 30.8 Å². The van der Waals surface area contributed by atoms with Crippen LogP contribution in [0.4, 0.5) is 0 Å². The molecule has 0 aliphatic rings. The van der Waals surface area contributed by atoms with Crippen LogP contribution in [0.3, 0.4) is 0 Å². The van der Waals surface area contributed by atoms with Crippen LogP contribution in [0.15, 0.2) is 120 Å². The van der Waals surface area contributed by atoms with Crippen molar-refractivity contribution in [3.8, 4) is 22.8 Å². The summed E-state index contributed by atoms with van der Waals surface area (Å²) in [4.78, 5) is 17.0. The largest absolute Gasteiger partial charge is 1.00 e. The van der Waals surface area contributed by atoms with Gasteiger partial charge in [0.25, 0.3) is 0 Å². The minimum absolute atomic E-state index is 0. The van der Waals surface area contributed by atoms with E-state index in [-0.39, 0.29) is 22.8 Å². The van der Waals surface area contributed by atoms with Gasteiger partial charge in [0.1, 0.15) is 0 Å². The Bertz CT molecular complexity index is 1330. The zero-order valence-electron chi connectivity index (χ0n) is 17.8. The van der Waals surface area contributed by atoms with Crippen LogP contribution in [-0.2, 0) is 6.54 Å². The maximum absolute atomic E-state index is 12.6. The molecular formula is C28H21BrN2O2. The van der Waals surface area contributed by atoms with Gasteiger partial charge in [0, 0.05) is 39.9 Å². The summed E-state index contributed by atoms with van der Waals surface area (Å²) in [6.45, 7) is 0.709. The lowest BCUT2D eigenvalue weighted by molar-refractivity contribution is -0.688. The maximum atomic E-state index is 12.6. The van der Waals surface area contributed by atoms with Crippen LogP contribution in [0.5, 0.6) is 0 Å². The number of carbonyl (C=O) groups excluding carboxylic acids is 1. The number of benzene rings is 3. The molecule has 0 atom stereocenters. The van der Waals surface area contributed by atoms with Crippen molar-refractivity contribution in [1.29, 1.82) is 0 Å². The quantitative estimate of drug-likeness (QED) is 0.268. The van der Waals surface area contributed by atoms with Gasteiger partial charge < -0.3 is 21.4 Å². The summed E-state index contributed by atoms with van der Waals surface area (Å²) >= 11 is 0. The molecule has 2 aromatic heterocycles. The zero-order valence-corrected chi connectivity index (χ0v) is 19.4. The van der Waals surface area contributed by atoms with Gasteiger partial charge in [-0.15, -0.1) is 0 Å². The van der Waals surface area contributed by atoms with E-state index >= 15 is 0 Å². The zero-order chi connectivity index (χ0) is 21.8. The summed E-state index contributed by atoms with van der Waals surface area (Å²) < 4.78 is 8.02. The third-order valence-electron chi connectivity index (χ3n) is 5.32. The fourth-order valence-electron chi connectivity index (χ4n) is 3.58. The molecule has 2 heterocycles. The number of ketones is 1. The normalized spacial score (nSPS) is 10.4. The summed E-state index contributed by atoms with van der Waals surface area (Å²) in [7, 11) is 0. The van der Waals surface area contributed by atoms with Gasteiger partial charge >= 0.3 is 0 Å². The van der Waals surface area contributed by atoms with Crippen molar-refractivity contribution in [3.63, 3.8) is 0 Å². The lowest BCUT2D eigenvalue weighted by atomic mass is 10.0. The number of hydrogen-bond acceptors (Lipinski definition) is 3. The Morgan fingerprint density at radius 3 is 2.00 bits per heavy atom. The van der Waals surface area contributed by atoms with Crippen molar-refractivity contribution in [1.82, 2.24) is 4.98 Å². The van der Waals surface area contributed by atoms with Crippen molar-refractivity contribution in [2.24, 2.45) is 0 Å². The molecule has 3 aromatic carbocycles. The van der Waals surface area contributed by atoms with Crippen molar-refractivity contribution in [2.45, 2.75) is 6.54 Å². The van der Waals surface area contributed by atoms with Crippen LogP contribution in [0.1, 0.15) is 21.5 Å². The first-order chi connectivity index (χ1) is 15.8. The Morgan fingerprint density at radius 1 is 0.727 bits per heavy atom. The highest BCUT2D eigenvalue weighted by Gasteiger charge is 2.12. The smallest absolute Gasteiger partial charge is 0.227 e. The number of hydrogen-bond donors (Lipinski definition) is 0. The monoisotopic (exact) mass is 496 g/mol. The Balaban J connectivity index is 0.00000259. The summed E-state index contributed by atoms with van der Waals surface area (Å²) in [5.74, 6) is 1.39. The summed E-state index contributed by atoms with van der Waals surface area (Å²) in [6, 6.07) is 31.0. The van der Waals surface area contributed by atoms with Crippen molar-refractivity contribution >= 4 is 5.78 Å². The lowest BCUT2D eigenvalue weighted by Gasteiger charge is -2.03. The molecule has 0 radical (unpaired) electrons. The number of nitrogens with zero attached hydrogens (tertiary/aromatic N) is 2. The van der Waals surface area contributed by atoms with E-state index in [9.17, 15) is 4.79 Å². The Kier molecular flexibility index (Phi) is 6.91. The van der Waals surface area contributed by atoms with Crippen molar-refractivity contribution in [3.05, 3.63) is 132 Å². The molecule has 0 aliphatic heterocycles. The molecule has 5 heteroatoms. The molecule has 0 N–H and O–H groups in total. The van der Waals surface area contributed by atoms with E-state index in [1.54, 1.807) is 6.20 Å². The molecule has 0 bridgehead atoms. The molecule has 0 spiro atoms. The third-order valence-corrected chi connectivity index (χ3v) is 5.32. The Labute approximate surface area is 203 Å². The average Bonchev–Trinajstić information content (AvgIpc) is 3.36. The van der Waals surface area contributed by atoms with Gasteiger partial charge in [-0.25, -0.2) is 9.55 Å².